The first-order valence-electron chi connectivity index (χ1n) is 5.71. The number of hydrogen-bond donors (Lipinski definition) is 1. The van der Waals surface area contributed by atoms with Crippen molar-refractivity contribution in [2.24, 2.45) is 0 Å². The van der Waals surface area contributed by atoms with E-state index in [1.807, 2.05) is 0 Å². The number of phenols is 1. The van der Waals surface area contributed by atoms with Gasteiger partial charge in [0.05, 0.1) is 13.0 Å². The summed E-state index contributed by atoms with van der Waals surface area (Å²) in [6.07, 6.45) is 5.64. The van der Waals surface area contributed by atoms with Gasteiger partial charge < -0.3 is 14.6 Å². The number of terminal acetylenes is 1. The highest BCUT2D eigenvalue weighted by molar-refractivity contribution is 5.73. The Balaban J connectivity index is 2.32. The zero-order valence-corrected chi connectivity index (χ0v) is 10.1. The summed E-state index contributed by atoms with van der Waals surface area (Å²) in [5.74, 6) is 2.92. The van der Waals surface area contributed by atoms with Crippen molar-refractivity contribution in [2.75, 3.05) is 13.2 Å². The molecule has 94 valence electrons. The van der Waals surface area contributed by atoms with E-state index in [1.165, 1.54) is 12.1 Å². The summed E-state index contributed by atoms with van der Waals surface area (Å²) < 4.78 is 10.4. The summed E-state index contributed by atoms with van der Waals surface area (Å²) in [5.41, 5.74) is -0.0502. The highest BCUT2D eigenvalue weighted by atomic mass is 16.5. The summed E-state index contributed by atoms with van der Waals surface area (Å²) in [7, 11) is 0. The van der Waals surface area contributed by atoms with Crippen LogP contribution < -0.4 is 4.74 Å². The van der Waals surface area contributed by atoms with Gasteiger partial charge in [-0.2, -0.15) is 0 Å². The first kappa shape index (κ1) is 12.3. The molecule has 0 bridgehead atoms. The van der Waals surface area contributed by atoms with E-state index in [9.17, 15) is 9.90 Å². The molecule has 0 saturated heterocycles. The quantitative estimate of drug-likeness (QED) is 0.650. The predicted molar refractivity (Wildman–Crippen MR) is 65.4 cm³/mol. The number of carbonyl (C=O) groups excluding carboxylic acids is 1. The zero-order valence-electron chi connectivity index (χ0n) is 10.1. The Labute approximate surface area is 106 Å². The average Bonchev–Trinajstić information content (AvgIpc) is 2.68. The molecule has 4 heteroatoms. The number of fused-ring (bicyclic) bond motifs is 1. The van der Waals surface area contributed by atoms with Crippen molar-refractivity contribution in [3.05, 3.63) is 23.8 Å². The van der Waals surface area contributed by atoms with Crippen LogP contribution in [0, 0.1) is 12.3 Å². The van der Waals surface area contributed by atoms with Crippen molar-refractivity contribution in [3.63, 3.8) is 0 Å². The fraction of sp³-hybridized carbons (Fsp3) is 0.357. The van der Waals surface area contributed by atoms with Crippen LogP contribution in [0.5, 0.6) is 11.5 Å². The van der Waals surface area contributed by atoms with Crippen molar-refractivity contribution >= 4 is 5.97 Å². The lowest BCUT2D eigenvalue weighted by atomic mass is 9.80. The minimum Gasteiger partial charge on any atom is -0.508 e. The van der Waals surface area contributed by atoms with E-state index >= 15 is 0 Å². The van der Waals surface area contributed by atoms with Crippen LogP contribution in [0.15, 0.2) is 18.2 Å². The number of rotatable bonds is 3. The molecule has 1 atom stereocenters. The minimum atomic E-state index is -0.796. The third-order valence-corrected chi connectivity index (χ3v) is 2.98. The Kier molecular flexibility index (Phi) is 3.15. The molecule has 0 aliphatic carbocycles. The van der Waals surface area contributed by atoms with Crippen molar-refractivity contribution in [2.45, 2.75) is 18.8 Å². The molecule has 2 rings (SSSR count). The second kappa shape index (κ2) is 4.61. The molecule has 1 aromatic carbocycles. The number of hydrogen-bond acceptors (Lipinski definition) is 4. The van der Waals surface area contributed by atoms with E-state index in [0.29, 0.717) is 12.4 Å². The Morgan fingerprint density at radius 1 is 1.67 bits per heavy atom. The van der Waals surface area contributed by atoms with Gasteiger partial charge in [-0.05, 0) is 19.1 Å². The van der Waals surface area contributed by atoms with Gasteiger partial charge >= 0.3 is 5.97 Å². The highest BCUT2D eigenvalue weighted by Gasteiger charge is 2.41. The fourth-order valence-corrected chi connectivity index (χ4v) is 2.08. The van der Waals surface area contributed by atoms with E-state index in [2.05, 4.69) is 5.92 Å². The molecule has 1 aromatic rings. The lowest BCUT2D eigenvalue weighted by Crippen LogP contribution is -2.30. The number of carbonyl (C=O) groups is 1. The van der Waals surface area contributed by atoms with Crippen molar-refractivity contribution < 1.29 is 19.4 Å². The van der Waals surface area contributed by atoms with Gasteiger partial charge in [0.25, 0.3) is 0 Å². The molecule has 0 fully saturated rings. The van der Waals surface area contributed by atoms with Gasteiger partial charge in [0.15, 0.2) is 0 Å². The molecule has 0 aromatic heterocycles. The normalized spacial score (nSPS) is 20.7. The maximum Gasteiger partial charge on any atom is 0.307 e. The van der Waals surface area contributed by atoms with Crippen LogP contribution in [0.4, 0.5) is 0 Å². The molecular formula is C14H14O4. The van der Waals surface area contributed by atoms with Crippen LogP contribution in [-0.4, -0.2) is 24.3 Å². The summed E-state index contributed by atoms with van der Waals surface area (Å²) in [4.78, 5) is 11.6. The predicted octanol–water partition coefficient (Wildman–Crippen LogP) is 1.61. The molecule has 0 spiro atoms. The van der Waals surface area contributed by atoms with Crippen LogP contribution in [-0.2, 0) is 14.9 Å². The molecular weight excluding hydrogens is 232 g/mol. The Hall–Kier alpha value is -2.15. The van der Waals surface area contributed by atoms with E-state index in [4.69, 9.17) is 15.9 Å². The van der Waals surface area contributed by atoms with Crippen molar-refractivity contribution in [3.8, 4) is 23.8 Å². The second-order valence-electron chi connectivity index (χ2n) is 4.18. The van der Waals surface area contributed by atoms with Gasteiger partial charge in [-0.25, -0.2) is 0 Å². The van der Waals surface area contributed by atoms with Gasteiger partial charge in [0, 0.05) is 11.6 Å². The molecule has 0 amide bonds. The minimum absolute atomic E-state index is 0.0785. The third-order valence-electron chi connectivity index (χ3n) is 2.98. The standard InChI is InChI=1S/C14H14O4/c1-3-14(8-13(16)17-4-2)9-18-12-7-10(15)5-6-11(12)14/h1,5-7,15H,4,8-9H2,2H3. The van der Waals surface area contributed by atoms with Gasteiger partial charge in [-0.15, -0.1) is 6.42 Å². The maximum absolute atomic E-state index is 11.6. The molecule has 1 N–H and O–H groups in total. The molecule has 1 heterocycles. The van der Waals surface area contributed by atoms with Crippen LogP contribution in [0.1, 0.15) is 18.9 Å². The Morgan fingerprint density at radius 3 is 3.11 bits per heavy atom. The monoisotopic (exact) mass is 246 g/mol. The molecule has 1 aliphatic heterocycles. The topological polar surface area (TPSA) is 55.8 Å². The third kappa shape index (κ3) is 2.00. The molecule has 18 heavy (non-hydrogen) atoms. The van der Waals surface area contributed by atoms with Crippen molar-refractivity contribution in [1.29, 1.82) is 0 Å². The van der Waals surface area contributed by atoms with Crippen LogP contribution in [0.25, 0.3) is 0 Å². The number of benzene rings is 1. The molecule has 0 saturated carbocycles. The fourth-order valence-electron chi connectivity index (χ4n) is 2.08. The largest absolute Gasteiger partial charge is 0.508 e. The summed E-state index contributed by atoms with van der Waals surface area (Å²) in [5, 5.41) is 9.38. The van der Waals surface area contributed by atoms with Gasteiger partial charge in [-0.3, -0.25) is 4.79 Å². The van der Waals surface area contributed by atoms with Crippen molar-refractivity contribution in [1.82, 2.24) is 0 Å². The first-order valence-corrected chi connectivity index (χ1v) is 5.71. The summed E-state index contributed by atoms with van der Waals surface area (Å²) in [6, 6.07) is 4.72. The lowest BCUT2D eigenvalue weighted by Gasteiger charge is -2.20. The number of esters is 1. The number of ether oxygens (including phenoxy) is 2. The summed E-state index contributed by atoms with van der Waals surface area (Å²) >= 11 is 0. The van der Waals surface area contributed by atoms with Gasteiger partial charge in [0.1, 0.15) is 23.5 Å². The number of phenolic OH excluding ortho intramolecular Hbond substituents is 1. The second-order valence-corrected chi connectivity index (χ2v) is 4.18. The van der Waals surface area contributed by atoms with E-state index < -0.39 is 5.41 Å². The number of aromatic hydroxyl groups is 1. The first-order chi connectivity index (χ1) is 8.61. The molecule has 1 aliphatic rings. The Bertz CT molecular complexity index is 515. The summed E-state index contributed by atoms with van der Waals surface area (Å²) in [6.45, 7) is 2.29. The van der Waals surface area contributed by atoms with Gasteiger partial charge in [0.2, 0.25) is 0 Å². The molecule has 4 nitrogen and oxygen atoms in total. The van der Waals surface area contributed by atoms with E-state index in [0.717, 1.165) is 5.56 Å². The zero-order chi connectivity index (χ0) is 13.2. The van der Waals surface area contributed by atoms with E-state index in [-0.39, 0.29) is 24.7 Å². The van der Waals surface area contributed by atoms with E-state index in [1.54, 1.807) is 13.0 Å². The van der Waals surface area contributed by atoms with Crippen LogP contribution in [0.3, 0.4) is 0 Å². The Morgan fingerprint density at radius 2 is 2.44 bits per heavy atom. The molecule has 0 radical (unpaired) electrons. The van der Waals surface area contributed by atoms with Crippen LogP contribution >= 0.6 is 0 Å². The lowest BCUT2D eigenvalue weighted by molar-refractivity contribution is -0.144. The maximum atomic E-state index is 11.6. The van der Waals surface area contributed by atoms with Gasteiger partial charge in [-0.1, -0.05) is 5.92 Å². The smallest absolute Gasteiger partial charge is 0.307 e. The average molecular weight is 246 g/mol. The van der Waals surface area contributed by atoms with Crippen LogP contribution in [0.2, 0.25) is 0 Å². The molecule has 1 unspecified atom stereocenters. The SMILES string of the molecule is C#CC1(CC(=O)OCC)COc2cc(O)ccc21. The highest BCUT2D eigenvalue weighted by Crippen LogP contribution is 2.42.